The minimum Gasteiger partial charge on any atom is -0.390 e. The number of aliphatic hydroxyl groups is 1. The van der Waals surface area contributed by atoms with Crippen molar-refractivity contribution in [1.29, 1.82) is 5.26 Å². The second-order valence-corrected chi connectivity index (χ2v) is 5.92. The van der Waals surface area contributed by atoms with Crippen LogP contribution in [-0.2, 0) is 6.54 Å². The fraction of sp³-hybridized carbons (Fsp3) is 0.353. The molecule has 3 rings (SSSR count). The fourth-order valence-electron chi connectivity index (χ4n) is 2.90. The summed E-state index contributed by atoms with van der Waals surface area (Å²) in [5.74, 6) is -0.266. The molecule has 1 amide bonds. The van der Waals surface area contributed by atoms with Gasteiger partial charge in [0.2, 0.25) is 0 Å². The highest BCUT2D eigenvalue weighted by Crippen LogP contribution is 2.15. The Labute approximate surface area is 139 Å². The largest absolute Gasteiger partial charge is 0.390 e. The minimum absolute atomic E-state index is 0.266. The number of aliphatic hydroxyl groups excluding tert-OH is 1. The molecule has 3 N–H and O–H groups in total. The predicted molar refractivity (Wildman–Crippen MR) is 86.9 cm³/mol. The summed E-state index contributed by atoms with van der Waals surface area (Å²) in [7, 11) is 0. The third-order valence-electron chi connectivity index (χ3n) is 4.15. The SMILES string of the molecule is N#Cc1cc(CN2CC[C@H](NC(=O)c3ccccn3)[C@@H](O)C2)c[nH]1. The van der Waals surface area contributed by atoms with E-state index in [9.17, 15) is 9.90 Å². The summed E-state index contributed by atoms with van der Waals surface area (Å²) in [6.45, 7) is 1.90. The predicted octanol–water partition coefficient (Wildman–Crippen LogP) is 0.647. The molecule has 7 heteroatoms. The highest BCUT2D eigenvalue weighted by atomic mass is 16.3. The second-order valence-electron chi connectivity index (χ2n) is 5.92. The number of hydrogen-bond donors (Lipinski definition) is 3. The molecule has 0 saturated carbocycles. The molecule has 2 aromatic heterocycles. The van der Waals surface area contributed by atoms with E-state index in [4.69, 9.17) is 5.26 Å². The Morgan fingerprint density at radius 2 is 2.42 bits per heavy atom. The van der Waals surface area contributed by atoms with Crippen molar-refractivity contribution in [2.24, 2.45) is 0 Å². The molecule has 3 heterocycles. The normalized spacial score (nSPS) is 21.2. The molecule has 0 radical (unpaired) electrons. The summed E-state index contributed by atoms with van der Waals surface area (Å²) < 4.78 is 0. The van der Waals surface area contributed by atoms with Gasteiger partial charge in [0, 0.05) is 32.0 Å². The van der Waals surface area contributed by atoms with Gasteiger partial charge in [0.05, 0.1) is 12.1 Å². The third-order valence-corrected chi connectivity index (χ3v) is 4.15. The highest BCUT2D eigenvalue weighted by Gasteiger charge is 2.29. The number of aromatic nitrogens is 2. The van der Waals surface area contributed by atoms with Crippen molar-refractivity contribution in [3.05, 3.63) is 53.6 Å². The van der Waals surface area contributed by atoms with Crippen LogP contribution in [0.5, 0.6) is 0 Å². The molecule has 2 atom stereocenters. The van der Waals surface area contributed by atoms with Crippen molar-refractivity contribution < 1.29 is 9.90 Å². The van der Waals surface area contributed by atoms with E-state index in [0.717, 1.165) is 12.1 Å². The number of pyridine rings is 1. The van der Waals surface area contributed by atoms with Gasteiger partial charge < -0.3 is 15.4 Å². The average Bonchev–Trinajstić information content (AvgIpc) is 3.05. The molecule has 1 saturated heterocycles. The van der Waals surface area contributed by atoms with Gasteiger partial charge in [-0.1, -0.05) is 6.07 Å². The molecule has 1 aliphatic rings. The number of H-pyrrole nitrogens is 1. The molecule has 0 unspecified atom stereocenters. The first-order valence-electron chi connectivity index (χ1n) is 7.85. The number of piperidine rings is 1. The maximum Gasteiger partial charge on any atom is 0.270 e. The van der Waals surface area contributed by atoms with Gasteiger partial charge in [-0.05, 0) is 30.2 Å². The zero-order chi connectivity index (χ0) is 16.9. The Balaban J connectivity index is 1.53. The number of carbonyl (C=O) groups is 1. The number of β-amino-alcohol motifs (C(OH)–C–C–N with tert-alkyl or cyclic N) is 1. The van der Waals surface area contributed by atoms with Gasteiger partial charge in [-0.3, -0.25) is 14.7 Å². The molecule has 0 aliphatic carbocycles. The Kier molecular flexibility index (Phi) is 4.89. The van der Waals surface area contributed by atoms with Gasteiger partial charge in [0.15, 0.2) is 0 Å². The zero-order valence-electron chi connectivity index (χ0n) is 13.1. The van der Waals surface area contributed by atoms with Gasteiger partial charge in [-0.15, -0.1) is 0 Å². The molecule has 0 bridgehead atoms. The maximum absolute atomic E-state index is 12.1. The van der Waals surface area contributed by atoms with E-state index in [0.29, 0.717) is 30.9 Å². The van der Waals surface area contributed by atoms with E-state index in [2.05, 4.69) is 26.3 Å². The lowest BCUT2D eigenvalue weighted by Crippen LogP contribution is -2.53. The van der Waals surface area contributed by atoms with E-state index in [-0.39, 0.29) is 11.9 Å². The van der Waals surface area contributed by atoms with E-state index >= 15 is 0 Å². The van der Waals surface area contributed by atoms with E-state index in [1.807, 2.05) is 0 Å². The molecular formula is C17H19N5O2. The first kappa shape index (κ1) is 16.2. The first-order valence-corrected chi connectivity index (χ1v) is 7.85. The molecule has 124 valence electrons. The van der Waals surface area contributed by atoms with Crippen LogP contribution in [0.2, 0.25) is 0 Å². The van der Waals surface area contributed by atoms with Gasteiger partial charge in [0.25, 0.3) is 5.91 Å². The quantitative estimate of drug-likeness (QED) is 0.765. The van der Waals surface area contributed by atoms with Crippen molar-refractivity contribution in [2.75, 3.05) is 13.1 Å². The summed E-state index contributed by atoms with van der Waals surface area (Å²) in [5.41, 5.74) is 1.89. The van der Waals surface area contributed by atoms with Crippen LogP contribution in [0.15, 0.2) is 36.7 Å². The molecule has 2 aromatic rings. The zero-order valence-corrected chi connectivity index (χ0v) is 13.1. The van der Waals surface area contributed by atoms with E-state index in [1.165, 1.54) is 0 Å². The van der Waals surface area contributed by atoms with Crippen molar-refractivity contribution in [2.45, 2.75) is 25.1 Å². The monoisotopic (exact) mass is 325 g/mol. The fourth-order valence-corrected chi connectivity index (χ4v) is 2.90. The van der Waals surface area contributed by atoms with Gasteiger partial charge in [-0.25, -0.2) is 0 Å². The molecule has 0 aromatic carbocycles. The molecule has 24 heavy (non-hydrogen) atoms. The summed E-state index contributed by atoms with van der Waals surface area (Å²) in [4.78, 5) is 21.2. The topological polar surface area (TPSA) is 105 Å². The van der Waals surface area contributed by atoms with Crippen LogP contribution in [0.1, 0.15) is 28.2 Å². The Morgan fingerprint density at radius 1 is 1.54 bits per heavy atom. The molecule has 1 fully saturated rings. The van der Waals surface area contributed by atoms with Crippen LogP contribution in [0.4, 0.5) is 0 Å². The maximum atomic E-state index is 12.1. The van der Waals surface area contributed by atoms with Crippen LogP contribution in [0.25, 0.3) is 0 Å². The molecular weight excluding hydrogens is 306 g/mol. The number of nitrogens with zero attached hydrogens (tertiary/aromatic N) is 3. The number of aromatic amines is 1. The smallest absolute Gasteiger partial charge is 0.270 e. The minimum atomic E-state index is -0.638. The second kappa shape index (κ2) is 7.25. The van der Waals surface area contributed by atoms with Crippen molar-refractivity contribution in [3.63, 3.8) is 0 Å². The standard InChI is InChI=1S/C17H19N5O2/c18-8-13-7-12(9-20-13)10-22-6-4-14(16(23)11-22)21-17(24)15-3-1-2-5-19-15/h1-3,5,7,9,14,16,20,23H,4,6,10-11H2,(H,21,24)/t14-,16-/m0/s1. The van der Waals surface area contributed by atoms with Crippen molar-refractivity contribution in [1.82, 2.24) is 20.2 Å². The van der Waals surface area contributed by atoms with Crippen molar-refractivity contribution in [3.8, 4) is 6.07 Å². The van der Waals surface area contributed by atoms with E-state index < -0.39 is 6.10 Å². The van der Waals surface area contributed by atoms with Gasteiger partial charge in [-0.2, -0.15) is 5.26 Å². The highest BCUT2D eigenvalue weighted by molar-refractivity contribution is 5.92. The number of carbonyl (C=O) groups excluding carboxylic acids is 1. The summed E-state index contributed by atoms with van der Waals surface area (Å²) in [6, 6.07) is 8.75. The van der Waals surface area contributed by atoms with Crippen LogP contribution < -0.4 is 5.32 Å². The average molecular weight is 325 g/mol. The van der Waals surface area contributed by atoms with Crippen molar-refractivity contribution >= 4 is 5.91 Å². The number of hydrogen-bond acceptors (Lipinski definition) is 5. The number of amides is 1. The van der Waals surface area contributed by atoms with Gasteiger partial charge in [0.1, 0.15) is 17.5 Å². The van der Waals surface area contributed by atoms with E-state index in [1.54, 1.807) is 36.7 Å². The summed E-state index contributed by atoms with van der Waals surface area (Å²) in [6.07, 6.45) is 3.40. The Hall–Kier alpha value is -2.69. The Bertz CT molecular complexity index is 737. The lowest BCUT2D eigenvalue weighted by molar-refractivity contribution is 0.0348. The van der Waals surface area contributed by atoms with Crippen LogP contribution in [0.3, 0.4) is 0 Å². The number of likely N-dealkylation sites (tertiary alicyclic amines) is 1. The number of nitriles is 1. The summed E-state index contributed by atoms with van der Waals surface area (Å²) in [5, 5.41) is 22.0. The van der Waals surface area contributed by atoms with Gasteiger partial charge >= 0.3 is 0 Å². The Morgan fingerprint density at radius 3 is 3.08 bits per heavy atom. The molecule has 0 spiro atoms. The van der Waals surface area contributed by atoms with Crippen LogP contribution >= 0.6 is 0 Å². The lowest BCUT2D eigenvalue weighted by Gasteiger charge is -2.36. The molecule has 1 aliphatic heterocycles. The number of nitrogens with one attached hydrogen (secondary N) is 2. The lowest BCUT2D eigenvalue weighted by atomic mass is 10.0. The molecule has 7 nitrogen and oxygen atoms in total. The number of rotatable bonds is 4. The third kappa shape index (κ3) is 3.79. The van der Waals surface area contributed by atoms with Crippen LogP contribution in [-0.4, -0.2) is 51.1 Å². The summed E-state index contributed by atoms with van der Waals surface area (Å²) >= 11 is 0. The first-order chi connectivity index (χ1) is 11.7. The van der Waals surface area contributed by atoms with Crippen LogP contribution in [0, 0.1) is 11.3 Å².